The third-order valence-corrected chi connectivity index (χ3v) is 4.68. The average Bonchev–Trinajstić information content (AvgIpc) is 3.46. The van der Waals surface area contributed by atoms with Crippen molar-refractivity contribution in [1.82, 2.24) is 10.6 Å². The zero-order valence-corrected chi connectivity index (χ0v) is 16.9. The van der Waals surface area contributed by atoms with E-state index in [4.69, 9.17) is 0 Å². The number of hydrogen-bond donors (Lipinski definition) is 4. The van der Waals surface area contributed by atoms with Crippen LogP contribution in [0.5, 0.6) is 0 Å². The van der Waals surface area contributed by atoms with E-state index < -0.39 is 0 Å². The van der Waals surface area contributed by atoms with Gasteiger partial charge < -0.3 is 21.3 Å². The highest BCUT2D eigenvalue weighted by Gasteiger charge is 2.23. The molecule has 1 aliphatic rings. The fraction of sp³-hybridized carbons (Fsp3) is 0.250. The standard InChI is InChI=1S/C20H21BrN4O3/c1-12-10-14(21)4-9-17(12)25-18(26)11-22-19(27)13-2-5-15(6-3-13)23-20(28)24-16-7-8-16/h2-6,9-10,16H,7-8,11H2,1H3,(H,22,27)(H,25,26)(H2,23,24,28). The van der Waals surface area contributed by atoms with E-state index >= 15 is 0 Å². The molecule has 2 aromatic carbocycles. The Morgan fingerprint density at radius 2 is 1.75 bits per heavy atom. The van der Waals surface area contributed by atoms with Gasteiger partial charge in [0.2, 0.25) is 5.91 Å². The molecule has 146 valence electrons. The first-order chi connectivity index (χ1) is 13.4. The Morgan fingerprint density at radius 3 is 2.39 bits per heavy atom. The lowest BCUT2D eigenvalue weighted by atomic mass is 10.2. The van der Waals surface area contributed by atoms with Crippen LogP contribution >= 0.6 is 15.9 Å². The number of hydrogen-bond acceptors (Lipinski definition) is 3. The van der Waals surface area contributed by atoms with Crippen molar-refractivity contribution < 1.29 is 14.4 Å². The summed E-state index contributed by atoms with van der Waals surface area (Å²) in [5.74, 6) is -0.675. The second kappa shape index (κ2) is 8.88. The summed E-state index contributed by atoms with van der Waals surface area (Å²) in [6.45, 7) is 1.75. The molecule has 2 aromatic rings. The van der Waals surface area contributed by atoms with Crippen LogP contribution in [0.1, 0.15) is 28.8 Å². The van der Waals surface area contributed by atoms with Crippen molar-refractivity contribution in [3.63, 3.8) is 0 Å². The van der Waals surface area contributed by atoms with Crippen LogP contribution in [0.4, 0.5) is 16.2 Å². The minimum Gasteiger partial charge on any atom is -0.343 e. The fourth-order valence-electron chi connectivity index (χ4n) is 2.51. The normalized spacial score (nSPS) is 12.8. The molecule has 0 radical (unpaired) electrons. The molecular formula is C20H21BrN4O3. The second-order valence-electron chi connectivity index (χ2n) is 6.64. The highest BCUT2D eigenvalue weighted by Crippen LogP contribution is 2.20. The van der Waals surface area contributed by atoms with Crippen molar-refractivity contribution in [2.45, 2.75) is 25.8 Å². The van der Waals surface area contributed by atoms with Crippen LogP contribution in [0, 0.1) is 6.92 Å². The van der Waals surface area contributed by atoms with E-state index in [-0.39, 0.29) is 30.4 Å². The Bertz CT molecular complexity index is 895. The van der Waals surface area contributed by atoms with E-state index in [0.717, 1.165) is 22.9 Å². The van der Waals surface area contributed by atoms with Crippen molar-refractivity contribution >= 4 is 45.2 Å². The Balaban J connectivity index is 1.47. The molecule has 0 unspecified atom stereocenters. The molecule has 8 heteroatoms. The summed E-state index contributed by atoms with van der Waals surface area (Å²) in [5.41, 5.74) is 2.61. The van der Waals surface area contributed by atoms with Crippen LogP contribution in [0.3, 0.4) is 0 Å². The molecule has 0 heterocycles. The molecule has 0 bridgehead atoms. The smallest absolute Gasteiger partial charge is 0.319 e. The van der Waals surface area contributed by atoms with Gasteiger partial charge in [-0.2, -0.15) is 0 Å². The zero-order valence-electron chi connectivity index (χ0n) is 15.3. The molecule has 0 aliphatic heterocycles. The van der Waals surface area contributed by atoms with E-state index in [1.807, 2.05) is 19.1 Å². The Hall–Kier alpha value is -2.87. The van der Waals surface area contributed by atoms with Crippen molar-refractivity contribution in [2.75, 3.05) is 17.2 Å². The van der Waals surface area contributed by atoms with Crippen LogP contribution in [0.25, 0.3) is 0 Å². The van der Waals surface area contributed by atoms with E-state index in [2.05, 4.69) is 37.2 Å². The maximum atomic E-state index is 12.2. The first-order valence-electron chi connectivity index (χ1n) is 8.92. The molecule has 0 atom stereocenters. The number of anilines is 2. The van der Waals surface area contributed by atoms with Gasteiger partial charge >= 0.3 is 6.03 Å². The molecule has 4 N–H and O–H groups in total. The van der Waals surface area contributed by atoms with Gasteiger partial charge in [-0.15, -0.1) is 0 Å². The maximum absolute atomic E-state index is 12.2. The molecule has 1 saturated carbocycles. The molecular weight excluding hydrogens is 424 g/mol. The molecule has 0 spiro atoms. The summed E-state index contributed by atoms with van der Waals surface area (Å²) < 4.78 is 0.930. The highest BCUT2D eigenvalue weighted by molar-refractivity contribution is 9.10. The number of benzene rings is 2. The molecule has 0 saturated heterocycles. The number of rotatable bonds is 6. The number of carbonyl (C=O) groups excluding carboxylic acids is 3. The van der Waals surface area contributed by atoms with Crippen molar-refractivity contribution in [1.29, 1.82) is 0 Å². The van der Waals surface area contributed by atoms with Crippen LogP contribution in [0.2, 0.25) is 0 Å². The van der Waals surface area contributed by atoms with E-state index in [0.29, 0.717) is 16.9 Å². The molecule has 28 heavy (non-hydrogen) atoms. The summed E-state index contributed by atoms with van der Waals surface area (Å²) in [5, 5.41) is 10.9. The van der Waals surface area contributed by atoms with Gasteiger partial charge in [0.05, 0.1) is 6.54 Å². The average molecular weight is 445 g/mol. The molecule has 0 aromatic heterocycles. The van der Waals surface area contributed by atoms with E-state index in [1.54, 1.807) is 30.3 Å². The number of nitrogens with one attached hydrogen (secondary N) is 4. The van der Waals surface area contributed by atoms with Gasteiger partial charge in [0.1, 0.15) is 0 Å². The summed E-state index contributed by atoms with van der Waals surface area (Å²) >= 11 is 3.37. The number of carbonyl (C=O) groups is 3. The lowest BCUT2D eigenvalue weighted by Gasteiger charge is -2.10. The predicted octanol–water partition coefficient (Wildman–Crippen LogP) is 3.41. The van der Waals surface area contributed by atoms with Crippen molar-refractivity contribution in [3.8, 4) is 0 Å². The van der Waals surface area contributed by atoms with Crippen LogP contribution < -0.4 is 21.3 Å². The minimum atomic E-state index is -0.364. The quantitative estimate of drug-likeness (QED) is 0.549. The minimum absolute atomic E-state index is 0.141. The van der Waals surface area contributed by atoms with Crippen LogP contribution in [0.15, 0.2) is 46.9 Å². The third kappa shape index (κ3) is 5.82. The summed E-state index contributed by atoms with van der Waals surface area (Å²) in [7, 11) is 0. The van der Waals surface area contributed by atoms with Gasteiger partial charge in [0.25, 0.3) is 5.91 Å². The summed E-state index contributed by atoms with van der Waals surface area (Å²) in [6, 6.07) is 12.0. The second-order valence-corrected chi connectivity index (χ2v) is 7.56. The van der Waals surface area contributed by atoms with Crippen LogP contribution in [-0.4, -0.2) is 30.4 Å². The lowest BCUT2D eigenvalue weighted by Crippen LogP contribution is -2.33. The monoisotopic (exact) mass is 444 g/mol. The topological polar surface area (TPSA) is 99.3 Å². The van der Waals surface area contributed by atoms with Gasteiger partial charge in [0.15, 0.2) is 0 Å². The largest absolute Gasteiger partial charge is 0.343 e. The fourth-order valence-corrected chi connectivity index (χ4v) is 2.99. The number of urea groups is 1. The number of halogens is 1. The van der Waals surface area contributed by atoms with E-state index in [1.165, 1.54) is 0 Å². The molecule has 1 aliphatic carbocycles. The molecule has 4 amide bonds. The van der Waals surface area contributed by atoms with E-state index in [9.17, 15) is 14.4 Å². The molecule has 3 rings (SSSR count). The first kappa shape index (κ1) is 19.9. The zero-order chi connectivity index (χ0) is 20.1. The number of aryl methyl sites for hydroxylation is 1. The van der Waals surface area contributed by atoms with Gasteiger partial charge in [-0.25, -0.2) is 4.79 Å². The predicted molar refractivity (Wildman–Crippen MR) is 111 cm³/mol. The van der Waals surface area contributed by atoms with Gasteiger partial charge in [-0.05, 0) is 67.8 Å². The summed E-state index contributed by atoms with van der Waals surface area (Å²) in [4.78, 5) is 36.0. The number of amides is 4. The highest BCUT2D eigenvalue weighted by atomic mass is 79.9. The van der Waals surface area contributed by atoms with Gasteiger partial charge in [0, 0.05) is 27.5 Å². The molecule has 1 fully saturated rings. The van der Waals surface area contributed by atoms with Crippen molar-refractivity contribution in [3.05, 3.63) is 58.1 Å². The lowest BCUT2D eigenvalue weighted by molar-refractivity contribution is -0.115. The Morgan fingerprint density at radius 1 is 1.04 bits per heavy atom. The van der Waals surface area contributed by atoms with Crippen molar-refractivity contribution in [2.24, 2.45) is 0 Å². The van der Waals surface area contributed by atoms with Gasteiger partial charge in [-0.3, -0.25) is 9.59 Å². The Kier molecular flexibility index (Phi) is 6.30. The molecule has 7 nitrogen and oxygen atoms in total. The third-order valence-electron chi connectivity index (χ3n) is 4.19. The first-order valence-corrected chi connectivity index (χ1v) is 9.72. The van der Waals surface area contributed by atoms with Crippen LogP contribution in [-0.2, 0) is 4.79 Å². The Labute approximate surface area is 171 Å². The maximum Gasteiger partial charge on any atom is 0.319 e. The summed E-state index contributed by atoms with van der Waals surface area (Å²) in [6.07, 6.45) is 2.03. The van der Waals surface area contributed by atoms with Gasteiger partial charge in [-0.1, -0.05) is 15.9 Å². The SMILES string of the molecule is Cc1cc(Br)ccc1NC(=O)CNC(=O)c1ccc(NC(=O)NC2CC2)cc1.